The molecule has 3 rings (SSSR count). The van der Waals surface area contributed by atoms with Gasteiger partial charge in [-0.25, -0.2) is 0 Å². The number of benzene rings is 1. The summed E-state index contributed by atoms with van der Waals surface area (Å²) in [5.41, 5.74) is 8.35. The van der Waals surface area contributed by atoms with E-state index in [1.54, 1.807) is 0 Å². The average molecular weight is 240 g/mol. The summed E-state index contributed by atoms with van der Waals surface area (Å²) < 4.78 is 5.21. The lowest BCUT2D eigenvalue weighted by molar-refractivity contribution is 0.385. The second-order valence-corrected chi connectivity index (χ2v) is 4.02. The Labute approximate surface area is 104 Å². The number of aromatic nitrogens is 3. The van der Waals surface area contributed by atoms with Crippen molar-refractivity contribution in [1.82, 2.24) is 15.1 Å². The smallest absolute Gasteiger partial charge is 0.231 e. The zero-order valence-corrected chi connectivity index (χ0v) is 9.63. The largest absolute Gasteiger partial charge is 0.399 e. The molecule has 0 spiro atoms. The van der Waals surface area contributed by atoms with Gasteiger partial charge < -0.3 is 15.2 Å². The number of hydrogen-bond donors (Lipinski definition) is 2. The molecule has 0 saturated carbocycles. The van der Waals surface area contributed by atoms with E-state index in [-0.39, 0.29) is 0 Å². The highest BCUT2D eigenvalue weighted by Crippen LogP contribution is 2.15. The number of nitrogens with one attached hydrogen (secondary N) is 1. The predicted octanol–water partition coefficient (Wildman–Crippen LogP) is 2.24. The fourth-order valence-corrected chi connectivity index (χ4v) is 1.78. The Morgan fingerprint density at radius 2 is 2.17 bits per heavy atom. The fraction of sp³-hybridized carbons (Fsp3) is 0.0769. The van der Waals surface area contributed by atoms with Gasteiger partial charge in [-0.15, -0.1) is 0 Å². The molecule has 0 aliphatic heterocycles. The van der Waals surface area contributed by atoms with Crippen LogP contribution in [0.2, 0.25) is 0 Å². The highest BCUT2D eigenvalue weighted by molar-refractivity contribution is 5.48. The van der Waals surface area contributed by atoms with E-state index in [0.717, 1.165) is 16.9 Å². The van der Waals surface area contributed by atoms with Gasteiger partial charge in [-0.05, 0) is 29.8 Å². The van der Waals surface area contributed by atoms with Crippen molar-refractivity contribution < 1.29 is 4.52 Å². The van der Waals surface area contributed by atoms with Crippen LogP contribution in [0.4, 0.5) is 5.69 Å². The van der Waals surface area contributed by atoms with Gasteiger partial charge >= 0.3 is 0 Å². The van der Waals surface area contributed by atoms with Crippen molar-refractivity contribution in [3.8, 4) is 11.5 Å². The minimum atomic E-state index is 0.568. The molecule has 5 nitrogen and oxygen atoms in total. The maximum absolute atomic E-state index is 5.72. The Bertz CT molecular complexity index is 643. The highest BCUT2D eigenvalue weighted by atomic mass is 16.5. The molecule has 1 aromatic carbocycles. The van der Waals surface area contributed by atoms with Crippen molar-refractivity contribution in [2.75, 3.05) is 5.73 Å². The Kier molecular flexibility index (Phi) is 2.57. The first kappa shape index (κ1) is 10.6. The lowest BCUT2D eigenvalue weighted by Crippen LogP contribution is -1.91. The highest BCUT2D eigenvalue weighted by Gasteiger charge is 2.09. The number of nitrogen functional groups attached to an aromatic ring is 1. The van der Waals surface area contributed by atoms with Gasteiger partial charge in [0.05, 0.1) is 12.1 Å². The maximum Gasteiger partial charge on any atom is 0.231 e. The minimum Gasteiger partial charge on any atom is -0.399 e. The van der Waals surface area contributed by atoms with Crippen LogP contribution in [0.3, 0.4) is 0 Å². The quantitative estimate of drug-likeness (QED) is 0.688. The normalized spacial score (nSPS) is 10.7. The van der Waals surface area contributed by atoms with Gasteiger partial charge in [0.15, 0.2) is 0 Å². The molecule has 5 heteroatoms. The molecule has 0 radical (unpaired) electrons. The summed E-state index contributed by atoms with van der Waals surface area (Å²) in [5.74, 6) is 1.14. The van der Waals surface area contributed by atoms with E-state index in [1.165, 1.54) is 0 Å². The first-order chi connectivity index (χ1) is 8.81. The Morgan fingerprint density at radius 3 is 2.94 bits per heavy atom. The van der Waals surface area contributed by atoms with Crippen LogP contribution >= 0.6 is 0 Å². The molecule has 0 aliphatic rings. The molecular formula is C13H12N4O. The van der Waals surface area contributed by atoms with Gasteiger partial charge in [0.2, 0.25) is 11.7 Å². The molecule has 0 fully saturated rings. The summed E-state index contributed by atoms with van der Waals surface area (Å²) in [6.07, 6.45) is 2.40. The monoisotopic (exact) mass is 240 g/mol. The SMILES string of the molecule is Nc1cccc(Cc2nc(-c3ccc[nH]3)no2)c1. The molecule has 90 valence electrons. The number of aromatic amines is 1. The van der Waals surface area contributed by atoms with Gasteiger partial charge in [0.25, 0.3) is 0 Å². The van der Waals surface area contributed by atoms with E-state index in [4.69, 9.17) is 10.3 Å². The van der Waals surface area contributed by atoms with Gasteiger partial charge in [0.1, 0.15) is 0 Å². The molecule has 3 N–H and O–H groups in total. The van der Waals surface area contributed by atoms with Crippen LogP contribution in [0.25, 0.3) is 11.5 Å². The minimum absolute atomic E-state index is 0.568. The molecule has 0 unspecified atom stereocenters. The molecule has 0 bridgehead atoms. The topological polar surface area (TPSA) is 80.7 Å². The van der Waals surface area contributed by atoms with Crippen molar-refractivity contribution in [3.63, 3.8) is 0 Å². The number of anilines is 1. The molecule has 3 aromatic rings. The summed E-state index contributed by atoms with van der Waals surface area (Å²) in [5, 5.41) is 3.93. The van der Waals surface area contributed by atoms with Crippen LogP contribution in [-0.2, 0) is 6.42 Å². The zero-order chi connectivity index (χ0) is 12.4. The third-order valence-corrected chi connectivity index (χ3v) is 2.61. The molecule has 0 saturated heterocycles. The average Bonchev–Trinajstić information content (AvgIpc) is 2.98. The lowest BCUT2D eigenvalue weighted by atomic mass is 10.1. The lowest BCUT2D eigenvalue weighted by Gasteiger charge is -1.97. The summed E-state index contributed by atoms with van der Waals surface area (Å²) in [4.78, 5) is 7.36. The standard InChI is InChI=1S/C13H12N4O/c14-10-4-1-3-9(7-10)8-12-16-13(17-18-12)11-5-2-6-15-11/h1-7,15H,8,14H2. The summed E-state index contributed by atoms with van der Waals surface area (Å²) >= 11 is 0. The van der Waals surface area contributed by atoms with Crippen LogP contribution < -0.4 is 5.73 Å². The van der Waals surface area contributed by atoms with Crippen molar-refractivity contribution >= 4 is 5.69 Å². The van der Waals surface area contributed by atoms with Gasteiger partial charge in [-0.2, -0.15) is 4.98 Å². The molecule has 0 aliphatic carbocycles. The second kappa shape index (κ2) is 4.37. The summed E-state index contributed by atoms with van der Waals surface area (Å²) in [6, 6.07) is 11.4. The van der Waals surface area contributed by atoms with Crippen LogP contribution in [0, 0.1) is 0 Å². The third kappa shape index (κ3) is 2.10. The Morgan fingerprint density at radius 1 is 1.22 bits per heavy atom. The van der Waals surface area contributed by atoms with Crippen molar-refractivity contribution in [2.45, 2.75) is 6.42 Å². The van der Waals surface area contributed by atoms with Gasteiger partial charge in [0, 0.05) is 11.9 Å². The molecule has 0 atom stereocenters. The molecule has 0 amide bonds. The Hall–Kier alpha value is -2.56. The number of H-pyrrole nitrogens is 1. The predicted molar refractivity (Wildman–Crippen MR) is 67.7 cm³/mol. The van der Waals surface area contributed by atoms with Gasteiger partial charge in [-0.3, -0.25) is 0 Å². The molecule has 2 aromatic heterocycles. The number of nitrogens with two attached hydrogens (primary N) is 1. The molecular weight excluding hydrogens is 228 g/mol. The zero-order valence-electron chi connectivity index (χ0n) is 9.63. The second-order valence-electron chi connectivity index (χ2n) is 4.02. The number of nitrogens with zero attached hydrogens (tertiary/aromatic N) is 2. The first-order valence-corrected chi connectivity index (χ1v) is 5.62. The molecule has 18 heavy (non-hydrogen) atoms. The van der Waals surface area contributed by atoms with E-state index in [9.17, 15) is 0 Å². The van der Waals surface area contributed by atoms with Crippen LogP contribution in [0.5, 0.6) is 0 Å². The van der Waals surface area contributed by atoms with E-state index >= 15 is 0 Å². The Balaban J connectivity index is 1.82. The third-order valence-electron chi connectivity index (χ3n) is 2.61. The van der Waals surface area contributed by atoms with Crippen LogP contribution in [0.1, 0.15) is 11.5 Å². The van der Waals surface area contributed by atoms with E-state index in [0.29, 0.717) is 18.1 Å². The number of rotatable bonds is 3. The van der Waals surface area contributed by atoms with E-state index < -0.39 is 0 Å². The van der Waals surface area contributed by atoms with Crippen LogP contribution in [-0.4, -0.2) is 15.1 Å². The van der Waals surface area contributed by atoms with Gasteiger partial charge in [-0.1, -0.05) is 17.3 Å². The number of hydrogen-bond acceptors (Lipinski definition) is 4. The maximum atomic E-state index is 5.72. The van der Waals surface area contributed by atoms with E-state index in [1.807, 2.05) is 42.6 Å². The summed E-state index contributed by atoms with van der Waals surface area (Å²) in [6.45, 7) is 0. The van der Waals surface area contributed by atoms with Crippen molar-refractivity contribution in [3.05, 3.63) is 54.0 Å². The molecule has 2 heterocycles. The first-order valence-electron chi connectivity index (χ1n) is 5.62. The van der Waals surface area contributed by atoms with Crippen LogP contribution in [0.15, 0.2) is 47.1 Å². The van der Waals surface area contributed by atoms with Crippen molar-refractivity contribution in [2.24, 2.45) is 0 Å². The van der Waals surface area contributed by atoms with E-state index in [2.05, 4.69) is 15.1 Å². The summed E-state index contributed by atoms with van der Waals surface area (Å²) in [7, 11) is 0. The van der Waals surface area contributed by atoms with Crippen molar-refractivity contribution in [1.29, 1.82) is 0 Å². The fourth-order valence-electron chi connectivity index (χ4n) is 1.78.